The highest BCUT2D eigenvalue weighted by Crippen LogP contribution is 2.46. The highest BCUT2D eigenvalue weighted by Gasteiger charge is 2.37. The predicted octanol–water partition coefficient (Wildman–Crippen LogP) is 2.28. The van der Waals surface area contributed by atoms with Gasteiger partial charge in [-0.2, -0.15) is 0 Å². The van der Waals surface area contributed by atoms with Gasteiger partial charge in [0.25, 0.3) is 0 Å². The van der Waals surface area contributed by atoms with Crippen LogP contribution in [-0.2, 0) is 9.47 Å². The summed E-state index contributed by atoms with van der Waals surface area (Å²) in [5, 5.41) is 5.78. The number of urea groups is 1. The molecule has 23 heavy (non-hydrogen) atoms. The molecule has 3 rings (SSSR count). The zero-order valence-corrected chi connectivity index (χ0v) is 13.5. The van der Waals surface area contributed by atoms with Gasteiger partial charge < -0.3 is 20.1 Å². The molecular formula is C18H26N2O3. The Kier molecular flexibility index (Phi) is 5.88. The first-order valence-electron chi connectivity index (χ1n) is 8.59. The van der Waals surface area contributed by atoms with Gasteiger partial charge in [-0.3, -0.25) is 0 Å². The molecule has 3 atom stereocenters. The average molecular weight is 318 g/mol. The molecular weight excluding hydrogens is 292 g/mol. The van der Waals surface area contributed by atoms with Crippen LogP contribution in [0, 0.1) is 5.92 Å². The summed E-state index contributed by atoms with van der Waals surface area (Å²) in [5.74, 6) is 1.17. The fraction of sp³-hybridized carbons (Fsp3) is 0.611. The van der Waals surface area contributed by atoms with E-state index in [9.17, 15) is 4.79 Å². The van der Waals surface area contributed by atoms with E-state index in [1.807, 2.05) is 6.07 Å². The zero-order chi connectivity index (χ0) is 15.9. The molecule has 2 amide bonds. The van der Waals surface area contributed by atoms with Gasteiger partial charge in [0.2, 0.25) is 0 Å². The van der Waals surface area contributed by atoms with Gasteiger partial charge in [-0.05, 0) is 36.7 Å². The third kappa shape index (κ3) is 5.22. The lowest BCUT2D eigenvalue weighted by atomic mass is 10.1. The topological polar surface area (TPSA) is 59.6 Å². The van der Waals surface area contributed by atoms with Crippen LogP contribution in [0.4, 0.5) is 4.79 Å². The second-order valence-corrected chi connectivity index (χ2v) is 6.36. The smallest absolute Gasteiger partial charge is 0.314 e. The summed E-state index contributed by atoms with van der Waals surface area (Å²) in [6.45, 7) is 3.28. The SMILES string of the molecule is O=C(NCCOC[C@@H]1CCCO1)NC[C@H]1C[C@@H]1c1ccccc1. The number of nitrogens with one attached hydrogen (secondary N) is 2. The second-order valence-electron chi connectivity index (χ2n) is 6.36. The summed E-state index contributed by atoms with van der Waals surface area (Å²) in [5.41, 5.74) is 1.38. The van der Waals surface area contributed by atoms with Crippen molar-refractivity contribution >= 4 is 6.03 Å². The van der Waals surface area contributed by atoms with Gasteiger partial charge in [0, 0.05) is 19.7 Å². The monoisotopic (exact) mass is 318 g/mol. The van der Waals surface area contributed by atoms with E-state index in [2.05, 4.69) is 34.9 Å². The third-order valence-corrected chi connectivity index (χ3v) is 4.53. The molecule has 2 aliphatic rings. The van der Waals surface area contributed by atoms with Crippen LogP contribution in [0.3, 0.4) is 0 Å². The number of carbonyl (C=O) groups excluding carboxylic acids is 1. The van der Waals surface area contributed by atoms with Crippen LogP contribution >= 0.6 is 0 Å². The summed E-state index contributed by atoms with van der Waals surface area (Å²) in [4.78, 5) is 11.7. The van der Waals surface area contributed by atoms with E-state index in [1.54, 1.807) is 0 Å². The average Bonchev–Trinajstić information content (AvgIpc) is 3.18. The molecule has 1 saturated carbocycles. The first-order chi connectivity index (χ1) is 11.3. The van der Waals surface area contributed by atoms with Crippen molar-refractivity contribution in [3.8, 4) is 0 Å². The molecule has 2 fully saturated rings. The van der Waals surface area contributed by atoms with Crippen LogP contribution in [0.5, 0.6) is 0 Å². The van der Waals surface area contributed by atoms with E-state index in [-0.39, 0.29) is 12.1 Å². The maximum atomic E-state index is 11.7. The number of rotatable bonds is 8. The van der Waals surface area contributed by atoms with E-state index in [0.717, 1.165) is 32.4 Å². The van der Waals surface area contributed by atoms with Crippen molar-refractivity contribution in [1.29, 1.82) is 0 Å². The molecule has 1 aromatic rings. The van der Waals surface area contributed by atoms with Crippen molar-refractivity contribution in [3.05, 3.63) is 35.9 Å². The van der Waals surface area contributed by atoms with Gasteiger partial charge in [-0.1, -0.05) is 30.3 Å². The van der Waals surface area contributed by atoms with Crippen LogP contribution in [-0.4, -0.2) is 45.0 Å². The molecule has 1 aromatic carbocycles. The van der Waals surface area contributed by atoms with Crippen LogP contribution in [0.25, 0.3) is 0 Å². The van der Waals surface area contributed by atoms with E-state index >= 15 is 0 Å². The summed E-state index contributed by atoms with van der Waals surface area (Å²) < 4.78 is 11.0. The number of amides is 2. The standard InChI is InChI=1S/C18H26N2O3/c21-18(19-8-10-22-13-16-7-4-9-23-16)20-12-15-11-17(15)14-5-2-1-3-6-14/h1-3,5-6,15-17H,4,7-13H2,(H2,19,20,21)/t15-,16+,17-/m1/s1. The Bertz CT molecular complexity index is 488. The van der Waals surface area contributed by atoms with Gasteiger partial charge in [0.1, 0.15) is 0 Å². The Morgan fingerprint density at radius 2 is 2.13 bits per heavy atom. The molecule has 1 aliphatic heterocycles. The Balaban J connectivity index is 1.21. The lowest BCUT2D eigenvalue weighted by Crippen LogP contribution is -2.38. The van der Waals surface area contributed by atoms with Crippen LogP contribution in [0.15, 0.2) is 30.3 Å². The summed E-state index contributed by atoms with van der Waals surface area (Å²) in [6, 6.07) is 10.4. The molecule has 0 spiro atoms. The van der Waals surface area contributed by atoms with Crippen LogP contribution in [0.1, 0.15) is 30.7 Å². The molecule has 2 N–H and O–H groups in total. The Labute approximate surface area is 137 Å². The molecule has 126 valence electrons. The van der Waals surface area contributed by atoms with Gasteiger partial charge in [-0.15, -0.1) is 0 Å². The predicted molar refractivity (Wildman–Crippen MR) is 88.5 cm³/mol. The van der Waals surface area contributed by atoms with Gasteiger partial charge in [0.15, 0.2) is 0 Å². The fourth-order valence-electron chi connectivity index (χ4n) is 3.10. The van der Waals surface area contributed by atoms with Crippen molar-refractivity contribution in [1.82, 2.24) is 10.6 Å². The van der Waals surface area contributed by atoms with E-state index in [0.29, 0.717) is 31.6 Å². The molecule has 1 heterocycles. The van der Waals surface area contributed by atoms with E-state index < -0.39 is 0 Å². The van der Waals surface area contributed by atoms with Crippen LogP contribution < -0.4 is 10.6 Å². The van der Waals surface area contributed by atoms with Gasteiger partial charge >= 0.3 is 6.03 Å². The van der Waals surface area contributed by atoms with E-state index in [1.165, 1.54) is 5.56 Å². The van der Waals surface area contributed by atoms with Gasteiger partial charge in [-0.25, -0.2) is 4.79 Å². The Morgan fingerprint density at radius 3 is 2.91 bits per heavy atom. The summed E-state index contributed by atoms with van der Waals surface area (Å²) in [7, 11) is 0. The lowest BCUT2D eigenvalue weighted by Gasteiger charge is -2.11. The molecule has 1 aliphatic carbocycles. The number of hydrogen-bond acceptors (Lipinski definition) is 3. The second kappa shape index (κ2) is 8.31. The minimum Gasteiger partial charge on any atom is -0.377 e. The number of benzene rings is 1. The Morgan fingerprint density at radius 1 is 1.26 bits per heavy atom. The Hall–Kier alpha value is -1.59. The highest BCUT2D eigenvalue weighted by molar-refractivity contribution is 5.73. The van der Waals surface area contributed by atoms with Crippen molar-refractivity contribution in [3.63, 3.8) is 0 Å². The largest absolute Gasteiger partial charge is 0.377 e. The molecule has 1 saturated heterocycles. The van der Waals surface area contributed by atoms with Crippen molar-refractivity contribution in [2.24, 2.45) is 5.92 Å². The maximum Gasteiger partial charge on any atom is 0.314 e. The van der Waals surface area contributed by atoms with E-state index in [4.69, 9.17) is 9.47 Å². The number of ether oxygens (including phenoxy) is 2. The molecule has 5 heteroatoms. The zero-order valence-electron chi connectivity index (χ0n) is 13.5. The summed E-state index contributed by atoms with van der Waals surface area (Å²) >= 11 is 0. The molecule has 0 bridgehead atoms. The first kappa shape index (κ1) is 16.3. The molecule has 0 unspecified atom stereocenters. The lowest BCUT2D eigenvalue weighted by molar-refractivity contribution is 0.0188. The highest BCUT2D eigenvalue weighted by atomic mass is 16.5. The number of carbonyl (C=O) groups is 1. The van der Waals surface area contributed by atoms with Crippen molar-refractivity contribution < 1.29 is 14.3 Å². The maximum absolute atomic E-state index is 11.7. The van der Waals surface area contributed by atoms with Crippen LogP contribution in [0.2, 0.25) is 0 Å². The summed E-state index contributed by atoms with van der Waals surface area (Å²) in [6.07, 6.45) is 3.61. The number of hydrogen-bond donors (Lipinski definition) is 2. The van der Waals surface area contributed by atoms with Crippen molar-refractivity contribution in [2.45, 2.75) is 31.3 Å². The quantitative estimate of drug-likeness (QED) is 0.723. The van der Waals surface area contributed by atoms with Gasteiger partial charge in [0.05, 0.1) is 19.3 Å². The normalized spacial score (nSPS) is 26.0. The molecule has 0 aromatic heterocycles. The third-order valence-electron chi connectivity index (χ3n) is 4.53. The fourth-order valence-corrected chi connectivity index (χ4v) is 3.10. The molecule has 5 nitrogen and oxygen atoms in total. The minimum absolute atomic E-state index is 0.107. The molecule has 0 radical (unpaired) electrons. The minimum atomic E-state index is -0.107. The van der Waals surface area contributed by atoms with Crippen molar-refractivity contribution in [2.75, 3.05) is 32.9 Å². The first-order valence-corrected chi connectivity index (χ1v) is 8.59.